The highest BCUT2D eigenvalue weighted by Crippen LogP contribution is 2.18. The molecule has 1 rings (SSSR count). The summed E-state index contributed by atoms with van der Waals surface area (Å²) in [7, 11) is 1.96. The first kappa shape index (κ1) is 14.5. The average Bonchev–Trinajstić information content (AvgIpc) is 2.31. The molecule has 0 amide bonds. The second-order valence-electron chi connectivity index (χ2n) is 5.34. The average molecular weight is 246 g/mol. The third-order valence-corrected chi connectivity index (χ3v) is 2.94. The molecular formula is C15H22N2O. The van der Waals surface area contributed by atoms with Crippen molar-refractivity contribution in [2.24, 2.45) is 0 Å². The van der Waals surface area contributed by atoms with E-state index in [9.17, 15) is 0 Å². The topological polar surface area (TPSA) is 36.3 Å². The van der Waals surface area contributed by atoms with E-state index in [2.05, 4.69) is 6.07 Å². The van der Waals surface area contributed by atoms with Gasteiger partial charge in [-0.3, -0.25) is 4.90 Å². The third-order valence-electron chi connectivity index (χ3n) is 2.94. The van der Waals surface area contributed by atoms with Crippen LogP contribution >= 0.6 is 0 Å². The van der Waals surface area contributed by atoms with Crippen molar-refractivity contribution in [2.75, 3.05) is 7.05 Å². The fourth-order valence-electron chi connectivity index (χ4n) is 1.50. The van der Waals surface area contributed by atoms with E-state index in [1.807, 2.05) is 63.9 Å². The Bertz CT molecular complexity index is 415. The van der Waals surface area contributed by atoms with Crippen LogP contribution in [0.5, 0.6) is 5.75 Å². The third kappa shape index (κ3) is 4.05. The van der Waals surface area contributed by atoms with Gasteiger partial charge in [0.25, 0.3) is 0 Å². The van der Waals surface area contributed by atoms with Crippen molar-refractivity contribution < 1.29 is 4.74 Å². The number of nitriles is 1. The molecule has 0 radical (unpaired) electrons. The van der Waals surface area contributed by atoms with E-state index in [1.54, 1.807) is 0 Å². The highest BCUT2D eigenvalue weighted by molar-refractivity contribution is 5.27. The van der Waals surface area contributed by atoms with Gasteiger partial charge in [-0.25, -0.2) is 0 Å². The van der Waals surface area contributed by atoms with Crippen LogP contribution in [0, 0.1) is 11.3 Å². The van der Waals surface area contributed by atoms with Gasteiger partial charge in [-0.05, 0) is 52.4 Å². The number of hydrogen-bond donors (Lipinski definition) is 0. The molecule has 0 fully saturated rings. The second-order valence-corrected chi connectivity index (χ2v) is 5.34. The Kier molecular flexibility index (Phi) is 4.75. The summed E-state index contributed by atoms with van der Waals surface area (Å²) in [4.78, 5) is 2.03. The molecule has 18 heavy (non-hydrogen) atoms. The molecule has 1 aromatic carbocycles. The maximum atomic E-state index is 9.07. The lowest BCUT2D eigenvalue weighted by Crippen LogP contribution is -2.38. The first-order valence-electron chi connectivity index (χ1n) is 6.23. The lowest BCUT2D eigenvalue weighted by molar-refractivity contribution is 0.202. The minimum absolute atomic E-state index is 0.191. The molecule has 0 aliphatic rings. The maximum absolute atomic E-state index is 9.07. The number of benzene rings is 1. The minimum Gasteiger partial charge on any atom is -0.491 e. The lowest BCUT2D eigenvalue weighted by Gasteiger charge is -2.29. The van der Waals surface area contributed by atoms with Crippen molar-refractivity contribution in [2.45, 2.75) is 45.9 Å². The summed E-state index contributed by atoms with van der Waals surface area (Å²) in [5.74, 6) is 0.885. The predicted octanol–water partition coefficient (Wildman–Crippen LogP) is 3.21. The number of ether oxygens (including phenoxy) is 1. The van der Waals surface area contributed by atoms with Crippen LogP contribution in [0.15, 0.2) is 24.3 Å². The van der Waals surface area contributed by atoms with Gasteiger partial charge in [0.2, 0.25) is 0 Å². The van der Waals surface area contributed by atoms with Gasteiger partial charge in [-0.1, -0.05) is 12.1 Å². The van der Waals surface area contributed by atoms with Crippen LogP contribution in [0.4, 0.5) is 0 Å². The standard InChI is InChI=1S/C15H22N2O/c1-12(2)18-14-8-6-13(7-9-14)10-17(5)15(3,4)11-16/h6-9,12H,10H2,1-5H3. The Balaban J connectivity index is 2.67. The van der Waals surface area contributed by atoms with E-state index < -0.39 is 5.54 Å². The summed E-state index contributed by atoms with van der Waals surface area (Å²) in [5.41, 5.74) is 0.726. The van der Waals surface area contributed by atoms with Crippen molar-refractivity contribution in [3.63, 3.8) is 0 Å². The van der Waals surface area contributed by atoms with Crippen LogP contribution in [-0.2, 0) is 6.54 Å². The van der Waals surface area contributed by atoms with Crippen LogP contribution < -0.4 is 4.74 Å². The SMILES string of the molecule is CC(C)Oc1ccc(CN(C)C(C)(C)C#N)cc1. The zero-order valence-electron chi connectivity index (χ0n) is 11.9. The summed E-state index contributed by atoms with van der Waals surface area (Å²) in [6.45, 7) is 8.61. The molecule has 0 N–H and O–H groups in total. The van der Waals surface area contributed by atoms with Crippen LogP contribution in [0.1, 0.15) is 33.3 Å². The van der Waals surface area contributed by atoms with Crippen LogP contribution in [0.2, 0.25) is 0 Å². The van der Waals surface area contributed by atoms with Crippen molar-refractivity contribution >= 4 is 0 Å². The zero-order chi connectivity index (χ0) is 13.8. The lowest BCUT2D eigenvalue weighted by atomic mass is 10.0. The molecule has 0 bridgehead atoms. The molecule has 0 aliphatic carbocycles. The molecular weight excluding hydrogens is 224 g/mol. The van der Waals surface area contributed by atoms with Crippen molar-refractivity contribution in [3.05, 3.63) is 29.8 Å². The minimum atomic E-state index is -0.451. The van der Waals surface area contributed by atoms with Gasteiger partial charge in [0.05, 0.1) is 12.2 Å². The van der Waals surface area contributed by atoms with Crippen molar-refractivity contribution in [3.8, 4) is 11.8 Å². The molecule has 0 unspecified atom stereocenters. The predicted molar refractivity (Wildman–Crippen MR) is 73.4 cm³/mol. The molecule has 1 aromatic rings. The van der Waals surface area contributed by atoms with E-state index in [0.29, 0.717) is 0 Å². The normalized spacial score (nSPS) is 11.7. The molecule has 0 atom stereocenters. The van der Waals surface area contributed by atoms with Gasteiger partial charge in [0.15, 0.2) is 0 Å². The maximum Gasteiger partial charge on any atom is 0.119 e. The number of rotatable bonds is 5. The van der Waals surface area contributed by atoms with Gasteiger partial charge in [0, 0.05) is 6.54 Å². The Hall–Kier alpha value is -1.53. The van der Waals surface area contributed by atoms with E-state index in [-0.39, 0.29) is 6.10 Å². The highest BCUT2D eigenvalue weighted by atomic mass is 16.5. The second kappa shape index (κ2) is 5.88. The molecule has 0 spiro atoms. The first-order chi connectivity index (χ1) is 8.35. The summed E-state index contributed by atoms with van der Waals surface area (Å²) in [6, 6.07) is 10.3. The van der Waals surface area contributed by atoms with Gasteiger partial charge >= 0.3 is 0 Å². The molecule has 98 valence electrons. The fraction of sp³-hybridized carbons (Fsp3) is 0.533. The molecule has 0 aromatic heterocycles. The van der Waals surface area contributed by atoms with E-state index in [1.165, 1.54) is 5.56 Å². The van der Waals surface area contributed by atoms with E-state index >= 15 is 0 Å². The van der Waals surface area contributed by atoms with Gasteiger partial charge in [-0.2, -0.15) is 5.26 Å². The highest BCUT2D eigenvalue weighted by Gasteiger charge is 2.22. The number of hydrogen-bond acceptors (Lipinski definition) is 3. The van der Waals surface area contributed by atoms with E-state index in [4.69, 9.17) is 10.00 Å². The van der Waals surface area contributed by atoms with Crippen LogP contribution in [-0.4, -0.2) is 23.6 Å². The van der Waals surface area contributed by atoms with Crippen LogP contribution in [0.25, 0.3) is 0 Å². The summed E-state index contributed by atoms with van der Waals surface area (Å²) >= 11 is 0. The monoisotopic (exact) mass is 246 g/mol. The molecule has 0 saturated heterocycles. The Morgan fingerprint density at radius 1 is 1.28 bits per heavy atom. The van der Waals surface area contributed by atoms with Crippen molar-refractivity contribution in [1.82, 2.24) is 4.90 Å². The summed E-state index contributed by atoms with van der Waals surface area (Å²) in [6.07, 6.45) is 0.191. The quantitative estimate of drug-likeness (QED) is 0.800. The Labute approximate surface area is 110 Å². The fourth-order valence-corrected chi connectivity index (χ4v) is 1.50. The van der Waals surface area contributed by atoms with Crippen molar-refractivity contribution in [1.29, 1.82) is 5.26 Å². The number of nitrogens with zero attached hydrogens (tertiary/aromatic N) is 2. The Morgan fingerprint density at radius 3 is 2.28 bits per heavy atom. The first-order valence-corrected chi connectivity index (χ1v) is 6.23. The molecule has 0 aliphatic heterocycles. The Morgan fingerprint density at radius 2 is 1.83 bits per heavy atom. The van der Waals surface area contributed by atoms with Gasteiger partial charge in [-0.15, -0.1) is 0 Å². The smallest absolute Gasteiger partial charge is 0.119 e. The van der Waals surface area contributed by atoms with E-state index in [0.717, 1.165) is 12.3 Å². The zero-order valence-corrected chi connectivity index (χ0v) is 11.9. The summed E-state index contributed by atoms with van der Waals surface area (Å²) < 4.78 is 5.60. The molecule has 0 saturated carbocycles. The molecule has 0 heterocycles. The molecule has 3 nitrogen and oxygen atoms in total. The largest absolute Gasteiger partial charge is 0.491 e. The summed E-state index contributed by atoms with van der Waals surface area (Å²) in [5, 5.41) is 9.07. The molecule has 3 heteroatoms. The van der Waals surface area contributed by atoms with Crippen LogP contribution in [0.3, 0.4) is 0 Å². The van der Waals surface area contributed by atoms with Gasteiger partial charge in [0.1, 0.15) is 11.3 Å². The van der Waals surface area contributed by atoms with Gasteiger partial charge < -0.3 is 4.74 Å².